The predicted molar refractivity (Wildman–Crippen MR) is 91.9 cm³/mol. The lowest BCUT2D eigenvalue weighted by molar-refractivity contribution is -0.126. The van der Waals surface area contributed by atoms with Crippen LogP contribution >= 0.6 is 0 Å². The van der Waals surface area contributed by atoms with Crippen molar-refractivity contribution in [1.29, 1.82) is 0 Å². The standard InChI is InChI=1S/C16H25N3O4S/c1-12-5-7-13(8-6-12)24(22,23)18-10-9-14(20)17-11-15(21)19-16(2,3)4/h5-8,18H,9-11H2,1-4H3,(H,17,20)(H,19,21). The van der Waals surface area contributed by atoms with Gasteiger partial charge in [0.2, 0.25) is 21.8 Å². The number of carbonyl (C=O) groups excluding carboxylic acids is 2. The molecule has 0 fully saturated rings. The maximum absolute atomic E-state index is 12.0. The van der Waals surface area contributed by atoms with Gasteiger partial charge in [-0.1, -0.05) is 17.7 Å². The van der Waals surface area contributed by atoms with Gasteiger partial charge >= 0.3 is 0 Å². The Balaban J connectivity index is 2.37. The largest absolute Gasteiger partial charge is 0.350 e. The molecule has 7 nitrogen and oxygen atoms in total. The molecule has 0 aliphatic heterocycles. The average molecular weight is 355 g/mol. The number of carbonyl (C=O) groups is 2. The van der Waals surface area contributed by atoms with E-state index in [1.165, 1.54) is 12.1 Å². The summed E-state index contributed by atoms with van der Waals surface area (Å²) < 4.78 is 26.4. The zero-order chi connectivity index (χ0) is 18.4. The van der Waals surface area contributed by atoms with Crippen molar-refractivity contribution < 1.29 is 18.0 Å². The number of aryl methyl sites for hydroxylation is 1. The minimum Gasteiger partial charge on any atom is -0.350 e. The van der Waals surface area contributed by atoms with E-state index in [9.17, 15) is 18.0 Å². The van der Waals surface area contributed by atoms with Gasteiger partial charge in [-0.2, -0.15) is 0 Å². The van der Waals surface area contributed by atoms with E-state index in [2.05, 4.69) is 15.4 Å². The van der Waals surface area contributed by atoms with E-state index in [4.69, 9.17) is 0 Å². The molecule has 3 N–H and O–H groups in total. The third-order valence-corrected chi connectivity index (χ3v) is 4.41. The van der Waals surface area contributed by atoms with Crippen LogP contribution in [0.2, 0.25) is 0 Å². The lowest BCUT2D eigenvalue weighted by Gasteiger charge is -2.20. The SMILES string of the molecule is Cc1ccc(S(=O)(=O)NCCC(=O)NCC(=O)NC(C)(C)C)cc1. The Hall–Kier alpha value is -1.93. The molecule has 0 saturated carbocycles. The van der Waals surface area contributed by atoms with Crippen molar-refractivity contribution in [3.05, 3.63) is 29.8 Å². The molecule has 2 amide bonds. The molecular formula is C16H25N3O4S. The van der Waals surface area contributed by atoms with Crippen molar-refractivity contribution in [3.8, 4) is 0 Å². The Labute approximate surface area is 143 Å². The summed E-state index contributed by atoms with van der Waals surface area (Å²) in [5.74, 6) is -0.693. The van der Waals surface area contributed by atoms with Gasteiger partial charge in [-0.25, -0.2) is 13.1 Å². The molecule has 0 bridgehead atoms. The molecule has 1 aromatic rings. The van der Waals surface area contributed by atoms with Crippen LogP contribution < -0.4 is 15.4 Å². The maximum atomic E-state index is 12.0. The fourth-order valence-corrected chi connectivity index (χ4v) is 2.86. The van der Waals surface area contributed by atoms with Crippen molar-refractivity contribution in [2.24, 2.45) is 0 Å². The van der Waals surface area contributed by atoms with E-state index in [0.717, 1.165) is 5.56 Å². The fraction of sp³-hybridized carbons (Fsp3) is 0.500. The Morgan fingerprint density at radius 3 is 2.17 bits per heavy atom. The van der Waals surface area contributed by atoms with Gasteiger partial charge in [0.25, 0.3) is 0 Å². The highest BCUT2D eigenvalue weighted by molar-refractivity contribution is 7.89. The van der Waals surface area contributed by atoms with Gasteiger partial charge in [0.15, 0.2) is 0 Å². The average Bonchev–Trinajstić information content (AvgIpc) is 2.43. The predicted octanol–water partition coefficient (Wildman–Crippen LogP) is 0.694. The molecule has 0 atom stereocenters. The number of hydrogen-bond acceptors (Lipinski definition) is 4. The number of sulfonamides is 1. The Kier molecular flexibility index (Phi) is 6.92. The fourth-order valence-electron chi connectivity index (χ4n) is 1.83. The van der Waals surface area contributed by atoms with Crippen molar-refractivity contribution in [2.45, 2.75) is 44.6 Å². The molecule has 1 rings (SSSR count). The Morgan fingerprint density at radius 1 is 1.04 bits per heavy atom. The molecule has 0 aliphatic rings. The van der Waals surface area contributed by atoms with E-state index in [1.807, 2.05) is 27.7 Å². The summed E-state index contributed by atoms with van der Waals surface area (Å²) in [7, 11) is -3.64. The van der Waals surface area contributed by atoms with Crippen LogP contribution in [0.3, 0.4) is 0 Å². The van der Waals surface area contributed by atoms with Crippen LogP contribution in [-0.4, -0.2) is 38.9 Å². The second-order valence-corrected chi connectivity index (χ2v) is 8.30. The van der Waals surface area contributed by atoms with Crippen molar-refractivity contribution in [3.63, 3.8) is 0 Å². The van der Waals surface area contributed by atoms with Gasteiger partial charge < -0.3 is 10.6 Å². The minimum absolute atomic E-state index is 0.0388. The second-order valence-electron chi connectivity index (χ2n) is 6.54. The lowest BCUT2D eigenvalue weighted by Crippen LogP contribution is -2.46. The number of rotatable bonds is 7. The molecule has 0 spiro atoms. The van der Waals surface area contributed by atoms with Crippen LogP contribution in [0, 0.1) is 6.92 Å². The minimum atomic E-state index is -3.64. The van der Waals surface area contributed by atoms with E-state index in [0.29, 0.717) is 0 Å². The van der Waals surface area contributed by atoms with Crippen LogP contribution in [0.4, 0.5) is 0 Å². The van der Waals surface area contributed by atoms with Gasteiger partial charge in [0.05, 0.1) is 11.4 Å². The van der Waals surface area contributed by atoms with Crippen LogP contribution in [0.25, 0.3) is 0 Å². The van der Waals surface area contributed by atoms with Crippen molar-refractivity contribution in [1.82, 2.24) is 15.4 Å². The number of hydrogen-bond donors (Lipinski definition) is 3. The quantitative estimate of drug-likeness (QED) is 0.669. The van der Waals surface area contributed by atoms with Gasteiger partial charge in [-0.05, 0) is 39.8 Å². The molecule has 0 heterocycles. The molecular weight excluding hydrogens is 330 g/mol. The van der Waals surface area contributed by atoms with Gasteiger partial charge in [0, 0.05) is 18.5 Å². The summed E-state index contributed by atoms with van der Waals surface area (Å²) in [6.45, 7) is 7.21. The first kappa shape index (κ1) is 20.1. The molecule has 24 heavy (non-hydrogen) atoms. The molecule has 1 aromatic carbocycles. The van der Waals surface area contributed by atoms with Crippen LogP contribution in [0.5, 0.6) is 0 Å². The molecule has 8 heteroatoms. The summed E-state index contributed by atoms with van der Waals surface area (Å²) >= 11 is 0. The Morgan fingerprint density at radius 2 is 1.62 bits per heavy atom. The second kappa shape index (κ2) is 8.25. The highest BCUT2D eigenvalue weighted by Crippen LogP contribution is 2.09. The number of benzene rings is 1. The smallest absolute Gasteiger partial charge is 0.240 e. The molecule has 0 aromatic heterocycles. The summed E-state index contributed by atoms with van der Waals surface area (Å²) in [5.41, 5.74) is 0.590. The van der Waals surface area contributed by atoms with E-state index in [1.54, 1.807) is 12.1 Å². The topological polar surface area (TPSA) is 104 Å². The first-order valence-corrected chi connectivity index (χ1v) is 9.12. The van der Waals surface area contributed by atoms with Crippen LogP contribution in [0.15, 0.2) is 29.2 Å². The first-order chi connectivity index (χ1) is 11.0. The van der Waals surface area contributed by atoms with Crippen molar-refractivity contribution in [2.75, 3.05) is 13.1 Å². The molecule has 134 valence electrons. The summed E-state index contributed by atoms with van der Waals surface area (Å²) in [4.78, 5) is 23.4. The highest BCUT2D eigenvalue weighted by atomic mass is 32.2. The molecule has 0 aliphatic carbocycles. The van der Waals surface area contributed by atoms with Gasteiger partial charge in [-0.3, -0.25) is 9.59 Å². The number of nitrogens with one attached hydrogen (secondary N) is 3. The van der Waals surface area contributed by atoms with E-state index in [-0.39, 0.29) is 35.9 Å². The lowest BCUT2D eigenvalue weighted by atomic mass is 10.1. The zero-order valence-electron chi connectivity index (χ0n) is 14.5. The van der Waals surface area contributed by atoms with E-state index >= 15 is 0 Å². The summed E-state index contributed by atoms with van der Waals surface area (Å²) in [6, 6.07) is 6.42. The van der Waals surface area contributed by atoms with Crippen LogP contribution in [0.1, 0.15) is 32.8 Å². The first-order valence-electron chi connectivity index (χ1n) is 7.64. The molecule has 0 unspecified atom stereocenters. The van der Waals surface area contributed by atoms with Crippen molar-refractivity contribution >= 4 is 21.8 Å². The number of amides is 2. The molecule has 0 saturated heterocycles. The van der Waals surface area contributed by atoms with E-state index < -0.39 is 15.9 Å². The summed E-state index contributed by atoms with van der Waals surface area (Å²) in [6.07, 6.45) is -0.0477. The maximum Gasteiger partial charge on any atom is 0.240 e. The third kappa shape index (κ3) is 7.56. The third-order valence-electron chi connectivity index (χ3n) is 2.94. The monoisotopic (exact) mass is 355 g/mol. The van der Waals surface area contributed by atoms with Crippen LogP contribution in [-0.2, 0) is 19.6 Å². The van der Waals surface area contributed by atoms with Gasteiger partial charge in [0.1, 0.15) is 0 Å². The summed E-state index contributed by atoms with van der Waals surface area (Å²) in [5, 5.41) is 5.17. The zero-order valence-corrected chi connectivity index (χ0v) is 15.3. The van der Waals surface area contributed by atoms with Gasteiger partial charge in [-0.15, -0.1) is 0 Å². The highest BCUT2D eigenvalue weighted by Gasteiger charge is 2.16. The Bertz CT molecular complexity index is 676. The molecule has 0 radical (unpaired) electrons. The normalized spacial score (nSPS) is 11.8.